The summed E-state index contributed by atoms with van der Waals surface area (Å²) in [5.74, 6) is -3.40. The molecule has 2 atom stereocenters. The van der Waals surface area contributed by atoms with Crippen LogP contribution >= 0.6 is 0 Å². The van der Waals surface area contributed by atoms with Crippen LogP contribution in [0.15, 0.2) is 12.1 Å². The Morgan fingerprint density at radius 2 is 2.00 bits per heavy atom. The average molecular weight is 272 g/mol. The molecule has 0 spiro atoms. The maximum atomic E-state index is 13.6. The average Bonchev–Trinajstić information content (AvgIpc) is 2.35. The predicted molar refractivity (Wildman–Crippen MR) is 63.8 cm³/mol. The molecule has 0 saturated carbocycles. The van der Waals surface area contributed by atoms with Gasteiger partial charge in [0, 0.05) is 30.8 Å². The van der Waals surface area contributed by atoms with Crippen molar-refractivity contribution in [1.82, 2.24) is 10.2 Å². The number of piperazine rings is 1. The van der Waals surface area contributed by atoms with Gasteiger partial charge in [-0.2, -0.15) is 0 Å². The second-order valence-electron chi connectivity index (χ2n) is 4.81. The molecule has 0 unspecified atom stereocenters. The third kappa shape index (κ3) is 2.73. The summed E-state index contributed by atoms with van der Waals surface area (Å²) >= 11 is 0. The monoisotopic (exact) mass is 272 g/mol. The van der Waals surface area contributed by atoms with Crippen molar-refractivity contribution in [2.45, 2.75) is 32.5 Å². The molecule has 1 fully saturated rings. The van der Waals surface area contributed by atoms with E-state index in [4.69, 9.17) is 0 Å². The van der Waals surface area contributed by atoms with Gasteiger partial charge in [-0.15, -0.1) is 0 Å². The standard InChI is InChI=1S/C13H15F3N2O/c1-7-5-17-8(2)13(19)18(7)6-9-3-10(14)4-11(15)12(9)16/h3-4,7-8,17H,5-6H2,1-2H3/t7-,8+/m0/s1. The summed E-state index contributed by atoms with van der Waals surface area (Å²) in [6, 6.07) is 0.877. The van der Waals surface area contributed by atoms with Gasteiger partial charge in [-0.25, -0.2) is 13.2 Å². The topological polar surface area (TPSA) is 32.3 Å². The first kappa shape index (κ1) is 13.9. The number of nitrogens with zero attached hydrogens (tertiary/aromatic N) is 1. The number of hydrogen-bond donors (Lipinski definition) is 1. The van der Waals surface area contributed by atoms with Gasteiger partial charge in [0.25, 0.3) is 0 Å². The summed E-state index contributed by atoms with van der Waals surface area (Å²) in [6.07, 6.45) is 0. The zero-order valence-corrected chi connectivity index (χ0v) is 10.7. The van der Waals surface area contributed by atoms with Crippen LogP contribution in [0.4, 0.5) is 13.2 Å². The molecule has 1 amide bonds. The molecule has 1 aromatic carbocycles. The summed E-state index contributed by atoms with van der Waals surface area (Å²) < 4.78 is 39.8. The number of nitrogens with one attached hydrogen (secondary N) is 1. The number of halogens is 3. The van der Waals surface area contributed by atoms with E-state index < -0.39 is 17.5 Å². The Labute approximate surface area is 109 Å². The summed E-state index contributed by atoms with van der Waals surface area (Å²) in [7, 11) is 0. The smallest absolute Gasteiger partial charge is 0.240 e. The van der Waals surface area contributed by atoms with Gasteiger partial charge in [-0.05, 0) is 19.9 Å². The van der Waals surface area contributed by atoms with E-state index in [2.05, 4.69) is 5.32 Å². The molecule has 1 N–H and O–H groups in total. The third-order valence-corrected chi connectivity index (χ3v) is 3.31. The maximum absolute atomic E-state index is 13.6. The first-order chi connectivity index (χ1) is 8.90. The van der Waals surface area contributed by atoms with Crippen molar-refractivity contribution in [2.24, 2.45) is 0 Å². The third-order valence-electron chi connectivity index (χ3n) is 3.31. The highest BCUT2D eigenvalue weighted by molar-refractivity contribution is 5.82. The van der Waals surface area contributed by atoms with Crippen molar-refractivity contribution in [3.63, 3.8) is 0 Å². The van der Waals surface area contributed by atoms with Gasteiger partial charge in [-0.1, -0.05) is 0 Å². The minimum atomic E-state index is -1.24. The fraction of sp³-hybridized carbons (Fsp3) is 0.462. The van der Waals surface area contributed by atoms with Gasteiger partial charge in [0.05, 0.1) is 6.04 Å². The van der Waals surface area contributed by atoms with Crippen LogP contribution in [0.2, 0.25) is 0 Å². The molecule has 0 aromatic heterocycles. The Morgan fingerprint density at radius 1 is 1.32 bits per heavy atom. The van der Waals surface area contributed by atoms with Gasteiger partial charge in [0.2, 0.25) is 5.91 Å². The molecule has 1 heterocycles. The van der Waals surface area contributed by atoms with E-state index in [1.54, 1.807) is 13.8 Å². The van der Waals surface area contributed by atoms with E-state index in [9.17, 15) is 18.0 Å². The lowest BCUT2D eigenvalue weighted by Crippen LogP contribution is -2.57. The molecule has 19 heavy (non-hydrogen) atoms. The van der Waals surface area contributed by atoms with E-state index in [0.29, 0.717) is 12.6 Å². The number of carbonyl (C=O) groups excluding carboxylic acids is 1. The van der Waals surface area contributed by atoms with Crippen LogP contribution in [0.25, 0.3) is 0 Å². The first-order valence-electron chi connectivity index (χ1n) is 6.07. The highest BCUT2D eigenvalue weighted by Crippen LogP contribution is 2.19. The summed E-state index contributed by atoms with van der Waals surface area (Å²) in [4.78, 5) is 13.4. The molecule has 0 radical (unpaired) electrons. The molecule has 1 aromatic rings. The van der Waals surface area contributed by atoms with Crippen molar-refractivity contribution >= 4 is 5.91 Å². The summed E-state index contributed by atoms with van der Waals surface area (Å²) in [6.45, 7) is 3.92. The van der Waals surface area contributed by atoms with Crippen LogP contribution in [0.3, 0.4) is 0 Å². The van der Waals surface area contributed by atoms with Crippen LogP contribution in [0, 0.1) is 17.5 Å². The highest BCUT2D eigenvalue weighted by Gasteiger charge is 2.30. The number of rotatable bonds is 2. The molecule has 1 aliphatic rings. The summed E-state index contributed by atoms with van der Waals surface area (Å²) in [5.41, 5.74) is -0.146. The molecule has 6 heteroatoms. The SMILES string of the molecule is C[C@H]1NC[C@H](C)N(Cc2cc(F)cc(F)c2F)C1=O. The van der Waals surface area contributed by atoms with Gasteiger partial charge >= 0.3 is 0 Å². The lowest BCUT2D eigenvalue weighted by Gasteiger charge is -2.37. The molecule has 1 aliphatic heterocycles. The van der Waals surface area contributed by atoms with Crippen LogP contribution < -0.4 is 5.32 Å². The lowest BCUT2D eigenvalue weighted by atomic mass is 10.1. The Morgan fingerprint density at radius 3 is 2.68 bits per heavy atom. The van der Waals surface area contributed by atoms with E-state index in [1.165, 1.54) is 4.90 Å². The molecule has 1 saturated heterocycles. The molecule has 3 nitrogen and oxygen atoms in total. The second-order valence-corrected chi connectivity index (χ2v) is 4.81. The molecule has 0 aliphatic carbocycles. The fourth-order valence-corrected chi connectivity index (χ4v) is 2.15. The fourth-order valence-electron chi connectivity index (χ4n) is 2.15. The van der Waals surface area contributed by atoms with Crippen LogP contribution in [-0.4, -0.2) is 29.4 Å². The van der Waals surface area contributed by atoms with Crippen molar-refractivity contribution in [3.8, 4) is 0 Å². The van der Waals surface area contributed by atoms with Crippen molar-refractivity contribution in [3.05, 3.63) is 35.1 Å². The van der Waals surface area contributed by atoms with Crippen LogP contribution in [0.1, 0.15) is 19.4 Å². The van der Waals surface area contributed by atoms with E-state index >= 15 is 0 Å². The van der Waals surface area contributed by atoms with Crippen LogP contribution in [0.5, 0.6) is 0 Å². The van der Waals surface area contributed by atoms with E-state index in [0.717, 1.165) is 6.07 Å². The number of amides is 1. The minimum Gasteiger partial charge on any atom is -0.333 e. The van der Waals surface area contributed by atoms with Gasteiger partial charge < -0.3 is 10.2 Å². The second kappa shape index (κ2) is 5.21. The summed E-state index contributed by atoms with van der Waals surface area (Å²) in [5, 5.41) is 3.00. The molecular formula is C13H15F3N2O. The Kier molecular flexibility index (Phi) is 3.80. The van der Waals surface area contributed by atoms with Gasteiger partial charge in [0.1, 0.15) is 5.82 Å². The van der Waals surface area contributed by atoms with Crippen LogP contribution in [-0.2, 0) is 11.3 Å². The van der Waals surface area contributed by atoms with Gasteiger partial charge in [0.15, 0.2) is 11.6 Å². The zero-order chi connectivity index (χ0) is 14.2. The molecule has 0 bridgehead atoms. The van der Waals surface area contributed by atoms with Crippen molar-refractivity contribution < 1.29 is 18.0 Å². The normalized spacial score (nSPS) is 23.8. The predicted octanol–water partition coefficient (Wildman–Crippen LogP) is 1.81. The highest BCUT2D eigenvalue weighted by atomic mass is 19.2. The molecule has 104 valence electrons. The Bertz CT molecular complexity index is 507. The largest absolute Gasteiger partial charge is 0.333 e. The van der Waals surface area contributed by atoms with Gasteiger partial charge in [-0.3, -0.25) is 4.79 Å². The van der Waals surface area contributed by atoms with Crippen molar-refractivity contribution in [2.75, 3.05) is 6.54 Å². The molecular weight excluding hydrogens is 257 g/mol. The van der Waals surface area contributed by atoms with E-state index in [1.807, 2.05) is 0 Å². The Balaban J connectivity index is 2.27. The number of benzene rings is 1. The molecule has 2 rings (SSSR count). The maximum Gasteiger partial charge on any atom is 0.240 e. The zero-order valence-electron chi connectivity index (χ0n) is 10.7. The Hall–Kier alpha value is -1.56. The minimum absolute atomic E-state index is 0.132. The first-order valence-corrected chi connectivity index (χ1v) is 6.07. The lowest BCUT2D eigenvalue weighted by molar-refractivity contribution is -0.138. The number of carbonyl (C=O) groups is 1. The number of hydrogen-bond acceptors (Lipinski definition) is 2. The van der Waals surface area contributed by atoms with Crippen molar-refractivity contribution in [1.29, 1.82) is 0 Å². The quantitative estimate of drug-likeness (QED) is 0.833. The van der Waals surface area contributed by atoms with E-state index in [-0.39, 0.29) is 30.1 Å².